The van der Waals surface area contributed by atoms with E-state index in [0.717, 1.165) is 4.90 Å². The topological polar surface area (TPSA) is 29.1 Å². The highest BCUT2D eigenvalue weighted by molar-refractivity contribution is 7.97. The first-order valence-corrected chi connectivity index (χ1v) is 4.07. The van der Waals surface area contributed by atoms with Crippen molar-refractivity contribution < 1.29 is 4.79 Å². The van der Waals surface area contributed by atoms with E-state index in [-0.39, 0.29) is 0 Å². The Balaban J connectivity index is 2.58. The van der Waals surface area contributed by atoms with E-state index in [9.17, 15) is 4.79 Å². The summed E-state index contributed by atoms with van der Waals surface area (Å²) < 4.78 is 2.35. The predicted molar refractivity (Wildman–Crippen MR) is 46.1 cm³/mol. The Bertz CT molecular complexity index is 237. The molecule has 0 aliphatic heterocycles. The number of hydrogen-bond donors (Lipinski definition) is 1. The molecule has 1 N–H and O–H groups in total. The Morgan fingerprint density at radius 2 is 2.00 bits per heavy atom. The van der Waals surface area contributed by atoms with Crippen LogP contribution in [0.25, 0.3) is 0 Å². The van der Waals surface area contributed by atoms with Crippen LogP contribution >= 0.6 is 23.5 Å². The van der Waals surface area contributed by atoms with Crippen LogP contribution in [0.1, 0.15) is 0 Å². The average Bonchev–Trinajstić information content (AvgIpc) is 2.04. The van der Waals surface area contributed by atoms with Crippen molar-refractivity contribution in [2.75, 3.05) is 0 Å². The van der Waals surface area contributed by atoms with Gasteiger partial charge in [0.15, 0.2) is 0 Å². The van der Waals surface area contributed by atoms with Crippen LogP contribution in [-0.4, -0.2) is 6.41 Å². The van der Waals surface area contributed by atoms with Gasteiger partial charge in [0.25, 0.3) is 0 Å². The van der Waals surface area contributed by atoms with Crippen LogP contribution in [0.4, 0.5) is 0 Å². The van der Waals surface area contributed by atoms with Crippen LogP contribution in [0.2, 0.25) is 5.02 Å². The molecule has 0 aliphatic rings. The molecule has 4 heteroatoms. The van der Waals surface area contributed by atoms with E-state index in [2.05, 4.69) is 4.72 Å². The van der Waals surface area contributed by atoms with Crippen molar-refractivity contribution in [3.63, 3.8) is 0 Å². The summed E-state index contributed by atoms with van der Waals surface area (Å²) in [5.74, 6) is 0. The van der Waals surface area contributed by atoms with Crippen molar-refractivity contribution in [1.29, 1.82) is 0 Å². The van der Waals surface area contributed by atoms with Crippen molar-refractivity contribution in [3.05, 3.63) is 29.3 Å². The third-order valence-corrected chi connectivity index (χ3v) is 1.97. The molecule has 57 valence electrons. The van der Waals surface area contributed by atoms with Gasteiger partial charge in [0.05, 0.1) is 0 Å². The number of hydrogen-bond acceptors (Lipinski definition) is 2. The largest absolute Gasteiger partial charge is 0.320 e. The quantitative estimate of drug-likeness (QED) is 0.578. The van der Waals surface area contributed by atoms with Gasteiger partial charge >= 0.3 is 6.41 Å². The minimum absolute atomic E-state index is 0.685. The van der Waals surface area contributed by atoms with Crippen LogP contribution < -0.4 is 4.72 Å². The summed E-state index contributed by atoms with van der Waals surface area (Å²) in [7, 11) is 0. The van der Waals surface area contributed by atoms with Crippen molar-refractivity contribution in [2.24, 2.45) is 0 Å². The standard InChI is InChI=1S/C7H5ClNOS/c8-6-1-3-7(4-2-6)11-9-5-10/h1-4H,(H,9,10). The van der Waals surface area contributed by atoms with Gasteiger partial charge in [0.2, 0.25) is 0 Å². The lowest BCUT2D eigenvalue weighted by Gasteiger charge is -1.96. The molecule has 0 unspecified atom stereocenters. The molecular weight excluding hydrogens is 182 g/mol. The second-order valence-corrected chi connectivity index (χ2v) is 3.08. The first-order chi connectivity index (χ1) is 5.33. The highest BCUT2D eigenvalue weighted by atomic mass is 35.5. The molecule has 11 heavy (non-hydrogen) atoms. The molecule has 1 amide bonds. The van der Waals surface area contributed by atoms with Crippen LogP contribution in [0.5, 0.6) is 0 Å². The summed E-state index contributed by atoms with van der Waals surface area (Å²) in [5, 5.41) is 0.685. The van der Waals surface area contributed by atoms with Crippen LogP contribution in [-0.2, 0) is 4.79 Å². The van der Waals surface area contributed by atoms with Gasteiger partial charge in [0, 0.05) is 9.92 Å². The second-order valence-electron chi connectivity index (χ2n) is 1.76. The van der Waals surface area contributed by atoms with Gasteiger partial charge in [-0.3, -0.25) is 9.52 Å². The second kappa shape index (κ2) is 4.26. The molecule has 0 heterocycles. The predicted octanol–water partition coefficient (Wildman–Crippen LogP) is 2.00. The zero-order chi connectivity index (χ0) is 8.10. The minimum atomic E-state index is 0.685. The Hall–Kier alpha value is -0.670. The molecule has 1 rings (SSSR count). The highest BCUT2D eigenvalue weighted by Crippen LogP contribution is 2.16. The summed E-state index contributed by atoms with van der Waals surface area (Å²) in [6.45, 7) is 0. The maximum atomic E-state index is 9.76. The smallest absolute Gasteiger partial charge is 0.288 e. The molecule has 0 aromatic heterocycles. The molecule has 1 aromatic rings. The number of halogens is 1. The highest BCUT2D eigenvalue weighted by Gasteiger charge is 1.91. The van der Waals surface area contributed by atoms with E-state index in [1.165, 1.54) is 11.9 Å². The van der Waals surface area contributed by atoms with Gasteiger partial charge in [-0.15, -0.1) is 0 Å². The summed E-state index contributed by atoms with van der Waals surface area (Å²) in [6.07, 6.45) is 1.56. The third-order valence-electron chi connectivity index (χ3n) is 1.02. The van der Waals surface area contributed by atoms with E-state index in [4.69, 9.17) is 11.6 Å². The molecule has 0 aliphatic carbocycles. The Morgan fingerprint density at radius 1 is 1.36 bits per heavy atom. The maximum absolute atomic E-state index is 9.76. The SMILES string of the molecule is O=[C]NSc1ccc(Cl)cc1. The number of nitrogens with one attached hydrogen (secondary N) is 1. The van der Waals surface area contributed by atoms with E-state index < -0.39 is 0 Å². The normalized spacial score (nSPS) is 9.18. The van der Waals surface area contributed by atoms with Crippen LogP contribution in [0.3, 0.4) is 0 Å². The van der Waals surface area contributed by atoms with E-state index in [1.807, 2.05) is 12.1 Å². The Morgan fingerprint density at radius 3 is 2.55 bits per heavy atom. The van der Waals surface area contributed by atoms with Gasteiger partial charge in [-0.05, 0) is 36.2 Å². The number of carbonyl (C=O) groups excluding carboxylic acids is 1. The van der Waals surface area contributed by atoms with E-state index in [1.54, 1.807) is 18.5 Å². The lowest BCUT2D eigenvalue weighted by Crippen LogP contribution is -1.96. The number of benzene rings is 1. The van der Waals surface area contributed by atoms with E-state index >= 15 is 0 Å². The maximum Gasteiger partial charge on any atom is 0.320 e. The lowest BCUT2D eigenvalue weighted by molar-refractivity contribution is 0.554. The summed E-state index contributed by atoms with van der Waals surface area (Å²) >= 11 is 6.84. The Labute approximate surface area is 74.1 Å². The average molecular weight is 187 g/mol. The molecule has 1 radical (unpaired) electrons. The van der Waals surface area contributed by atoms with Crippen molar-refractivity contribution in [2.45, 2.75) is 4.90 Å². The zero-order valence-corrected chi connectivity index (χ0v) is 7.08. The zero-order valence-electron chi connectivity index (χ0n) is 5.50. The van der Waals surface area contributed by atoms with Crippen molar-refractivity contribution in [3.8, 4) is 0 Å². The molecule has 1 aromatic carbocycles. The summed E-state index contributed by atoms with van der Waals surface area (Å²) in [4.78, 5) is 10.7. The molecule has 2 nitrogen and oxygen atoms in total. The summed E-state index contributed by atoms with van der Waals surface area (Å²) in [6, 6.07) is 7.15. The van der Waals surface area contributed by atoms with Crippen molar-refractivity contribution >= 4 is 30.0 Å². The fraction of sp³-hybridized carbons (Fsp3) is 0. The van der Waals surface area contributed by atoms with Gasteiger partial charge in [0.1, 0.15) is 0 Å². The Kier molecular flexibility index (Phi) is 3.26. The van der Waals surface area contributed by atoms with Gasteiger partial charge in [-0.25, -0.2) is 0 Å². The molecule has 0 saturated heterocycles. The monoisotopic (exact) mass is 186 g/mol. The molecule has 0 fully saturated rings. The number of amides is 1. The van der Waals surface area contributed by atoms with Crippen molar-refractivity contribution in [1.82, 2.24) is 4.72 Å². The van der Waals surface area contributed by atoms with E-state index in [0.29, 0.717) is 5.02 Å². The van der Waals surface area contributed by atoms with Gasteiger partial charge in [-0.1, -0.05) is 11.6 Å². The fourth-order valence-electron chi connectivity index (χ4n) is 0.582. The van der Waals surface area contributed by atoms with Crippen LogP contribution in [0.15, 0.2) is 29.2 Å². The number of rotatable bonds is 3. The van der Waals surface area contributed by atoms with Gasteiger partial charge < -0.3 is 0 Å². The first-order valence-electron chi connectivity index (χ1n) is 2.87. The molecule has 0 saturated carbocycles. The fourth-order valence-corrected chi connectivity index (χ4v) is 1.14. The molecule has 0 bridgehead atoms. The van der Waals surface area contributed by atoms with Crippen LogP contribution in [0, 0.1) is 0 Å². The molecule has 0 atom stereocenters. The molecule has 0 spiro atoms. The minimum Gasteiger partial charge on any atom is -0.288 e. The molecular formula is C7H5ClNOS. The third kappa shape index (κ3) is 2.82. The first kappa shape index (κ1) is 8.43. The van der Waals surface area contributed by atoms with Gasteiger partial charge in [-0.2, -0.15) is 0 Å². The summed E-state index contributed by atoms with van der Waals surface area (Å²) in [5.41, 5.74) is 0. The lowest BCUT2D eigenvalue weighted by atomic mass is 10.4.